The minimum atomic E-state index is -2.14. The minimum Gasteiger partial charge on any atom is -0.394 e. The number of rotatable bonds is 8. The van der Waals surface area contributed by atoms with Gasteiger partial charge in [-0.3, -0.25) is 0 Å². The Kier molecular flexibility index (Phi) is 7.66. The number of nitrogens with two attached hydrogens (primary N) is 1. The molecule has 0 aromatic carbocycles. The van der Waals surface area contributed by atoms with Gasteiger partial charge in [0, 0.05) is 0 Å². The topological polar surface area (TPSA) is 205 Å². The standard InChI is InChI=1S/C15H27NO11/c1-2-8(16)24-5-15(13(23)10(20)7(4-18)26-15)27-14-12(22)11(21)9(19)6(3-17)25-14/h2,6-14,17-23H,1,3-5,16H2/t6-,7-,8?,9-,10-,11+,12-,13+,14-,15+/m1/s1. The zero-order chi connectivity index (χ0) is 20.4. The fourth-order valence-electron chi connectivity index (χ4n) is 2.90. The van der Waals surface area contributed by atoms with E-state index >= 15 is 0 Å². The van der Waals surface area contributed by atoms with Crippen LogP contribution in [0.25, 0.3) is 0 Å². The van der Waals surface area contributed by atoms with E-state index in [9.17, 15) is 35.7 Å². The molecule has 12 nitrogen and oxygen atoms in total. The minimum absolute atomic E-state index is 0.566. The number of aliphatic hydroxyl groups is 7. The molecule has 0 radical (unpaired) electrons. The van der Waals surface area contributed by atoms with Crippen LogP contribution in [0.15, 0.2) is 12.7 Å². The maximum Gasteiger partial charge on any atom is 0.224 e. The summed E-state index contributed by atoms with van der Waals surface area (Å²) in [5.74, 6) is -2.14. The van der Waals surface area contributed by atoms with Gasteiger partial charge in [-0.15, -0.1) is 0 Å². The third-order valence-corrected chi connectivity index (χ3v) is 4.56. The monoisotopic (exact) mass is 397 g/mol. The fourth-order valence-corrected chi connectivity index (χ4v) is 2.90. The number of hydrogen-bond donors (Lipinski definition) is 8. The zero-order valence-electron chi connectivity index (χ0n) is 14.4. The van der Waals surface area contributed by atoms with E-state index < -0.39 is 80.9 Å². The van der Waals surface area contributed by atoms with Crippen molar-refractivity contribution in [3.05, 3.63) is 12.7 Å². The number of aliphatic hydroxyl groups excluding tert-OH is 7. The smallest absolute Gasteiger partial charge is 0.224 e. The Hall–Kier alpha value is -0.740. The predicted molar refractivity (Wildman–Crippen MR) is 85.7 cm³/mol. The Morgan fingerprint density at radius 1 is 1.00 bits per heavy atom. The SMILES string of the molecule is C=CC(N)OC[C@@]1(O[C@H]2O[C@H](CO)[C@@H](O)[C@H](O)[C@H]2O)O[C@H](CO)[C@@H](O)[C@@H]1O. The van der Waals surface area contributed by atoms with Gasteiger partial charge in [-0.25, -0.2) is 0 Å². The van der Waals surface area contributed by atoms with Crippen LogP contribution in [-0.2, 0) is 18.9 Å². The third kappa shape index (κ3) is 4.48. The van der Waals surface area contributed by atoms with Crippen LogP contribution < -0.4 is 5.73 Å². The van der Waals surface area contributed by atoms with Crippen molar-refractivity contribution in [2.24, 2.45) is 5.73 Å². The molecular formula is C15H27NO11. The summed E-state index contributed by atoms with van der Waals surface area (Å²) in [5.41, 5.74) is 5.57. The molecule has 0 aliphatic carbocycles. The first-order valence-corrected chi connectivity index (χ1v) is 8.33. The zero-order valence-corrected chi connectivity index (χ0v) is 14.4. The van der Waals surface area contributed by atoms with Crippen LogP contribution >= 0.6 is 0 Å². The summed E-state index contributed by atoms with van der Waals surface area (Å²) >= 11 is 0. The summed E-state index contributed by atoms with van der Waals surface area (Å²) < 4.78 is 21.4. The van der Waals surface area contributed by atoms with Crippen molar-refractivity contribution in [2.75, 3.05) is 19.8 Å². The molecule has 1 unspecified atom stereocenters. The maximum atomic E-state index is 10.4. The molecule has 2 saturated heterocycles. The molecule has 2 aliphatic rings. The summed E-state index contributed by atoms with van der Waals surface area (Å²) in [6, 6.07) is 0. The lowest BCUT2D eigenvalue weighted by atomic mass is 9.99. The predicted octanol–water partition coefficient (Wildman–Crippen LogP) is -4.90. The molecule has 0 saturated carbocycles. The highest BCUT2D eigenvalue weighted by Crippen LogP contribution is 2.36. The molecule has 0 aromatic heterocycles. The Morgan fingerprint density at radius 3 is 2.15 bits per heavy atom. The summed E-state index contributed by atoms with van der Waals surface area (Å²) in [6.45, 7) is 1.50. The summed E-state index contributed by atoms with van der Waals surface area (Å²) in [4.78, 5) is 0. The van der Waals surface area contributed by atoms with E-state index in [0.717, 1.165) is 0 Å². The number of hydrogen-bond acceptors (Lipinski definition) is 12. The van der Waals surface area contributed by atoms with Crippen molar-refractivity contribution in [1.82, 2.24) is 0 Å². The van der Waals surface area contributed by atoms with Gasteiger partial charge in [0.2, 0.25) is 5.79 Å². The average molecular weight is 397 g/mol. The van der Waals surface area contributed by atoms with Gasteiger partial charge in [-0.2, -0.15) is 0 Å². The molecular weight excluding hydrogens is 370 g/mol. The lowest BCUT2D eigenvalue weighted by Crippen LogP contribution is -2.63. The molecule has 0 aromatic rings. The van der Waals surface area contributed by atoms with Crippen molar-refractivity contribution < 1.29 is 54.7 Å². The van der Waals surface area contributed by atoms with E-state index in [0.29, 0.717) is 0 Å². The molecule has 2 heterocycles. The first-order chi connectivity index (χ1) is 12.7. The van der Waals surface area contributed by atoms with Crippen LogP contribution in [-0.4, -0.2) is 117 Å². The van der Waals surface area contributed by atoms with Crippen molar-refractivity contribution in [1.29, 1.82) is 0 Å². The average Bonchev–Trinajstić information content (AvgIpc) is 2.91. The highest BCUT2D eigenvalue weighted by molar-refractivity contribution is 4.99. The Morgan fingerprint density at radius 2 is 1.63 bits per heavy atom. The fraction of sp³-hybridized carbons (Fsp3) is 0.867. The molecule has 10 atom stereocenters. The van der Waals surface area contributed by atoms with Crippen LogP contribution in [0.5, 0.6) is 0 Å². The normalized spacial score (nSPS) is 46.4. The summed E-state index contributed by atoms with van der Waals surface area (Å²) in [6.07, 6.45) is -12.4. The first-order valence-electron chi connectivity index (χ1n) is 8.33. The van der Waals surface area contributed by atoms with Gasteiger partial charge in [-0.05, 0) is 6.08 Å². The van der Waals surface area contributed by atoms with Crippen LogP contribution in [0.3, 0.4) is 0 Å². The van der Waals surface area contributed by atoms with Gasteiger partial charge in [0.25, 0.3) is 0 Å². The Balaban J connectivity index is 2.24. The molecule has 2 aliphatic heterocycles. The van der Waals surface area contributed by atoms with Crippen molar-refractivity contribution in [2.45, 2.75) is 61.0 Å². The highest BCUT2D eigenvalue weighted by atomic mass is 16.8. The second-order valence-electron chi connectivity index (χ2n) is 6.41. The molecule has 0 spiro atoms. The van der Waals surface area contributed by atoms with Gasteiger partial charge in [0.05, 0.1) is 13.2 Å². The Bertz CT molecular complexity index is 494. The highest BCUT2D eigenvalue weighted by Gasteiger charge is 2.58. The summed E-state index contributed by atoms with van der Waals surface area (Å²) in [5, 5.41) is 68.8. The second-order valence-corrected chi connectivity index (χ2v) is 6.41. The van der Waals surface area contributed by atoms with Gasteiger partial charge in [0.15, 0.2) is 6.29 Å². The second kappa shape index (κ2) is 9.17. The summed E-state index contributed by atoms with van der Waals surface area (Å²) in [7, 11) is 0. The molecule has 9 N–H and O–H groups in total. The van der Waals surface area contributed by atoms with E-state index in [4.69, 9.17) is 24.7 Å². The quantitative estimate of drug-likeness (QED) is 0.143. The van der Waals surface area contributed by atoms with Crippen LogP contribution in [0.1, 0.15) is 0 Å². The van der Waals surface area contributed by atoms with Crippen molar-refractivity contribution >= 4 is 0 Å². The number of ether oxygens (including phenoxy) is 4. The maximum absolute atomic E-state index is 10.4. The molecule has 2 rings (SSSR count). The van der Waals surface area contributed by atoms with Gasteiger partial charge in [-0.1, -0.05) is 6.58 Å². The third-order valence-electron chi connectivity index (χ3n) is 4.56. The van der Waals surface area contributed by atoms with E-state index in [-0.39, 0.29) is 0 Å². The van der Waals surface area contributed by atoms with Crippen molar-refractivity contribution in [3.8, 4) is 0 Å². The largest absolute Gasteiger partial charge is 0.394 e. The van der Waals surface area contributed by atoms with Crippen molar-refractivity contribution in [3.63, 3.8) is 0 Å². The van der Waals surface area contributed by atoms with Gasteiger partial charge in [0.1, 0.15) is 55.6 Å². The molecule has 158 valence electrons. The first kappa shape index (κ1) is 22.5. The van der Waals surface area contributed by atoms with E-state index in [1.54, 1.807) is 0 Å². The van der Waals surface area contributed by atoms with Gasteiger partial charge >= 0.3 is 0 Å². The van der Waals surface area contributed by atoms with E-state index in [1.807, 2.05) is 0 Å². The molecule has 0 bridgehead atoms. The molecule has 12 heteroatoms. The molecule has 27 heavy (non-hydrogen) atoms. The van der Waals surface area contributed by atoms with E-state index in [1.165, 1.54) is 6.08 Å². The Labute approximate surface area is 155 Å². The lowest BCUT2D eigenvalue weighted by Gasteiger charge is -2.43. The lowest BCUT2D eigenvalue weighted by molar-refractivity contribution is -0.386. The van der Waals surface area contributed by atoms with Gasteiger partial charge < -0.3 is 60.4 Å². The molecule has 0 amide bonds. The van der Waals surface area contributed by atoms with Crippen LogP contribution in [0.4, 0.5) is 0 Å². The molecule has 2 fully saturated rings. The van der Waals surface area contributed by atoms with Crippen LogP contribution in [0.2, 0.25) is 0 Å². The van der Waals surface area contributed by atoms with Crippen LogP contribution in [0, 0.1) is 0 Å². The van der Waals surface area contributed by atoms with E-state index in [2.05, 4.69) is 6.58 Å².